The summed E-state index contributed by atoms with van der Waals surface area (Å²) in [5, 5.41) is 3.07. The minimum absolute atomic E-state index is 0.0815. The topological polar surface area (TPSA) is 72.0 Å². The van der Waals surface area contributed by atoms with E-state index in [1.54, 1.807) is 18.6 Å². The van der Waals surface area contributed by atoms with Crippen LogP contribution in [0.5, 0.6) is 0 Å². The molecule has 84 valence electrons. The van der Waals surface area contributed by atoms with Gasteiger partial charge in [0.05, 0.1) is 11.4 Å². The van der Waals surface area contributed by atoms with Crippen LogP contribution >= 0.6 is 0 Å². The van der Waals surface area contributed by atoms with Crippen LogP contribution in [0.2, 0.25) is 0 Å². The van der Waals surface area contributed by atoms with E-state index in [1.165, 1.54) is 6.26 Å². The SMILES string of the molecule is CC(CS(C)(=O)=O)NCc1cnccn1. The van der Waals surface area contributed by atoms with E-state index in [0.717, 1.165) is 5.69 Å². The maximum absolute atomic E-state index is 11.0. The standard InChI is InChI=1S/C9H15N3O2S/c1-8(7-15(2,13)14)12-6-9-5-10-3-4-11-9/h3-5,8,12H,6-7H2,1-2H3. The largest absolute Gasteiger partial charge is 0.308 e. The van der Waals surface area contributed by atoms with Gasteiger partial charge in [0.15, 0.2) is 0 Å². The first-order valence-electron chi connectivity index (χ1n) is 4.63. The van der Waals surface area contributed by atoms with E-state index in [2.05, 4.69) is 15.3 Å². The lowest BCUT2D eigenvalue weighted by Crippen LogP contribution is -2.32. The van der Waals surface area contributed by atoms with Gasteiger partial charge in [-0.3, -0.25) is 9.97 Å². The Balaban J connectivity index is 2.38. The number of nitrogens with zero attached hydrogens (tertiary/aromatic N) is 2. The summed E-state index contributed by atoms with van der Waals surface area (Å²) in [5.74, 6) is 0.132. The Hall–Kier alpha value is -1.01. The van der Waals surface area contributed by atoms with Crippen molar-refractivity contribution in [3.63, 3.8) is 0 Å². The number of rotatable bonds is 5. The van der Waals surface area contributed by atoms with Crippen LogP contribution in [-0.4, -0.2) is 36.4 Å². The molecule has 5 nitrogen and oxygen atoms in total. The first-order chi connectivity index (χ1) is 6.97. The van der Waals surface area contributed by atoms with E-state index < -0.39 is 9.84 Å². The summed E-state index contributed by atoms with van der Waals surface area (Å²) in [4.78, 5) is 7.99. The molecule has 0 aliphatic heterocycles. The molecule has 15 heavy (non-hydrogen) atoms. The Morgan fingerprint density at radius 3 is 2.73 bits per heavy atom. The predicted octanol–water partition coefficient (Wildman–Crippen LogP) is -0.000700. The van der Waals surface area contributed by atoms with E-state index in [0.29, 0.717) is 6.54 Å². The quantitative estimate of drug-likeness (QED) is 0.769. The zero-order valence-electron chi connectivity index (χ0n) is 8.84. The summed E-state index contributed by atoms with van der Waals surface area (Å²) in [7, 11) is -2.93. The fourth-order valence-electron chi connectivity index (χ4n) is 1.21. The fraction of sp³-hybridized carbons (Fsp3) is 0.556. The van der Waals surface area contributed by atoms with Gasteiger partial charge in [0.25, 0.3) is 0 Å². The molecule has 0 spiro atoms. The highest BCUT2D eigenvalue weighted by molar-refractivity contribution is 7.90. The molecule has 1 heterocycles. The van der Waals surface area contributed by atoms with Crippen molar-refractivity contribution in [3.8, 4) is 0 Å². The first-order valence-corrected chi connectivity index (χ1v) is 6.69. The second-order valence-corrected chi connectivity index (χ2v) is 5.76. The van der Waals surface area contributed by atoms with Crippen LogP contribution in [0, 0.1) is 0 Å². The summed E-state index contributed by atoms with van der Waals surface area (Å²) in [6.07, 6.45) is 6.09. The van der Waals surface area contributed by atoms with E-state index in [-0.39, 0.29) is 11.8 Å². The monoisotopic (exact) mass is 229 g/mol. The van der Waals surface area contributed by atoms with Crippen molar-refractivity contribution >= 4 is 9.84 Å². The van der Waals surface area contributed by atoms with Crippen LogP contribution in [0.1, 0.15) is 12.6 Å². The summed E-state index contributed by atoms with van der Waals surface area (Å²) >= 11 is 0. The van der Waals surface area contributed by atoms with Gasteiger partial charge < -0.3 is 5.32 Å². The third-order valence-electron chi connectivity index (χ3n) is 1.80. The number of hydrogen-bond acceptors (Lipinski definition) is 5. The van der Waals surface area contributed by atoms with Gasteiger partial charge in [-0.15, -0.1) is 0 Å². The van der Waals surface area contributed by atoms with Crippen molar-refractivity contribution in [3.05, 3.63) is 24.3 Å². The van der Waals surface area contributed by atoms with Gasteiger partial charge in [-0.05, 0) is 6.92 Å². The molecule has 0 fully saturated rings. The van der Waals surface area contributed by atoms with Crippen LogP contribution < -0.4 is 5.32 Å². The Morgan fingerprint density at radius 2 is 2.20 bits per heavy atom. The summed E-state index contributed by atoms with van der Waals surface area (Å²) < 4.78 is 22.0. The van der Waals surface area contributed by atoms with Crippen LogP contribution in [0.25, 0.3) is 0 Å². The van der Waals surface area contributed by atoms with Crippen molar-refractivity contribution in [2.24, 2.45) is 0 Å². The van der Waals surface area contributed by atoms with Crippen LogP contribution in [0.15, 0.2) is 18.6 Å². The molecule has 1 aromatic rings. The van der Waals surface area contributed by atoms with E-state index in [9.17, 15) is 8.42 Å². The molecule has 0 aliphatic carbocycles. The molecular weight excluding hydrogens is 214 g/mol. The lowest BCUT2D eigenvalue weighted by atomic mass is 10.3. The number of hydrogen-bond donors (Lipinski definition) is 1. The smallest absolute Gasteiger partial charge is 0.148 e. The Kier molecular flexibility index (Phi) is 4.16. The van der Waals surface area contributed by atoms with E-state index >= 15 is 0 Å². The minimum Gasteiger partial charge on any atom is -0.308 e. The van der Waals surface area contributed by atoms with Gasteiger partial charge in [0.2, 0.25) is 0 Å². The molecule has 0 aromatic carbocycles. The maximum atomic E-state index is 11.0. The van der Waals surface area contributed by atoms with Crippen molar-refractivity contribution in [1.82, 2.24) is 15.3 Å². The van der Waals surface area contributed by atoms with Crippen LogP contribution in [0.3, 0.4) is 0 Å². The second-order valence-electron chi connectivity index (χ2n) is 3.57. The van der Waals surface area contributed by atoms with Crippen molar-refractivity contribution in [1.29, 1.82) is 0 Å². The number of aromatic nitrogens is 2. The number of nitrogens with one attached hydrogen (secondary N) is 1. The molecule has 1 atom stereocenters. The normalized spacial score (nSPS) is 13.7. The molecule has 0 saturated carbocycles. The lowest BCUT2D eigenvalue weighted by molar-refractivity contribution is 0.556. The van der Waals surface area contributed by atoms with Gasteiger partial charge in [0.1, 0.15) is 9.84 Å². The van der Waals surface area contributed by atoms with Gasteiger partial charge in [-0.2, -0.15) is 0 Å². The second kappa shape index (κ2) is 5.18. The Morgan fingerprint density at radius 1 is 1.47 bits per heavy atom. The average Bonchev–Trinajstić information content (AvgIpc) is 2.14. The van der Waals surface area contributed by atoms with Crippen LogP contribution in [-0.2, 0) is 16.4 Å². The molecule has 0 radical (unpaired) electrons. The molecule has 1 unspecified atom stereocenters. The van der Waals surface area contributed by atoms with Gasteiger partial charge in [0, 0.05) is 37.4 Å². The van der Waals surface area contributed by atoms with Crippen molar-refractivity contribution < 1.29 is 8.42 Å². The molecule has 0 amide bonds. The highest BCUT2D eigenvalue weighted by Crippen LogP contribution is 1.94. The zero-order chi connectivity index (χ0) is 11.3. The fourth-order valence-corrected chi connectivity index (χ4v) is 2.24. The molecule has 1 rings (SSSR count). The third kappa shape index (κ3) is 5.44. The Bertz CT molecular complexity index is 391. The molecule has 0 saturated heterocycles. The zero-order valence-corrected chi connectivity index (χ0v) is 9.66. The van der Waals surface area contributed by atoms with Gasteiger partial charge >= 0.3 is 0 Å². The molecule has 0 bridgehead atoms. The van der Waals surface area contributed by atoms with Crippen molar-refractivity contribution in [2.75, 3.05) is 12.0 Å². The average molecular weight is 229 g/mol. The third-order valence-corrected chi connectivity index (χ3v) is 2.91. The molecular formula is C9H15N3O2S. The summed E-state index contributed by atoms with van der Waals surface area (Å²) in [5.41, 5.74) is 0.804. The summed E-state index contributed by atoms with van der Waals surface area (Å²) in [6.45, 7) is 2.36. The molecule has 0 aliphatic rings. The van der Waals surface area contributed by atoms with E-state index in [1.807, 2.05) is 6.92 Å². The van der Waals surface area contributed by atoms with Crippen LogP contribution in [0.4, 0.5) is 0 Å². The molecule has 1 aromatic heterocycles. The van der Waals surface area contributed by atoms with E-state index in [4.69, 9.17) is 0 Å². The maximum Gasteiger partial charge on any atom is 0.148 e. The van der Waals surface area contributed by atoms with Gasteiger partial charge in [-0.1, -0.05) is 0 Å². The molecule has 6 heteroatoms. The lowest BCUT2D eigenvalue weighted by Gasteiger charge is -2.11. The highest BCUT2D eigenvalue weighted by atomic mass is 32.2. The molecule has 1 N–H and O–H groups in total. The highest BCUT2D eigenvalue weighted by Gasteiger charge is 2.09. The predicted molar refractivity (Wildman–Crippen MR) is 58.0 cm³/mol. The van der Waals surface area contributed by atoms with Gasteiger partial charge in [-0.25, -0.2) is 8.42 Å². The number of sulfone groups is 1. The Labute approximate surface area is 89.9 Å². The minimum atomic E-state index is -2.93. The van der Waals surface area contributed by atoms with Crippen molar-refractivity contribution in [2.45, 2.75) is 19.5 Å². The summed E-state index contributed by atoms with van der Waals surface area (Å²) in [6, 6.07) is -0.0815. The first kappa shape index (κ1) is 12.1.